The van der Waals surface area contributed by atoms with Crippen molar-refractivity contribution in [3.05, 3.63) is 23.3 Å². The van der Waals surface area contributed by atoms with Crippen LogP contribution >= 0.6 is 0 Å². The van der Waals surface area contributed by atoms with Crippen molar-refractivity contribution in [1.29, 1.82) is 0 Å². The third-order valence-electron chi connectivity index (χ3n) is 2.73. The van der Waals surface area contributed by atoms with Crippen LogP contribution in [0.3, 0.4) is 0 Å². The van der Waals surface area contributed by atoms with Crippen molar-refractivity contribution < 1.29 is 19.1 Å². The standard InChI is InChI=1S/C14H18O4/c1-4-5-6-12(16)14-10(9-15)7-11(17-2)8-13(14)18-3/h7-9H,4-6H2,1-3H3. The molecule has 4 heteroatoms. The van der Waals surface area contributed by atoms with Crippen LogP contribution < -0.4 is 9.47 Å². The SMILES string of the molecule is CCCCC(=O)c1c(C=O)cc(OC)cc1OC. The minimum absolute atomic E-state index is 0.0709. The maximum absolute atomic E-state index is 12.1. The Morgan fingerprint density at radius 1 is 1.28 bits per heavy atom. The summed E-state index contributed by atoms with van der Waals surface area (Å²) in [5.41, 5.74) is 0.661. The van der Waals surface area contributed by atoms with Crippen molar-refractivity contribution in [1.82, 2.24) is 0 Å². The number of carbonyl (C=O) groups excluding carboxylic acids is 2. The van der Waals surface area contributed by atoms with Gasteiger partial charge in [0.05, 0.1) is 19.8 Å². The summed E-state index contributed by atoms with van der Waals surface area (Å²) in [6.07, 6.45) is 2.80. The lowest BCUT2D eigenvalue weighted by atomic mass is 9.99. The van der Waals surface area contributed by atoms with Gasteiger partial charge in [-0.25, -0.2) is 0 Å². The molecule has 0 unspecified atom stereocenters. The maximum atomic E-state index is 12.1. The van der Waals surface area contributed by atoms with Crippen LogP contribution in [0.5, 0.6) is 11.5 Å². The number of hydrogen-bond donors (Lipinski definition) is 0. The maximum Gasteiger partial charge on any atom is 0.167 e. The van der Waals surface area contributed by atoms with Gasteiger partial charge in [-0.2, -0.15) is 0 Å². The summed E-state index contributed by atoms with van der Waals surface area (Å²) in [7, 11) is 2.97. The average molecular weight is 250 g/mol. The number of methoxy groups -OCH3 is 2. The number of benzene rings is 1. The lowest BCUT2D eigenvalue weighted by Crippen LogP contribution is -2.07. The molecule has 0 atom stereocenters. The Hall–Kier alpha value is -1.84. The van der Waals surface area contributed by atoms with Gasteiger partial charge in [0.2, 0.25) is 0 Å². The van der Waals surface area contributed by atoms with Gasteiger partial charge in [-0.05, 0) is 12.5 Å². The summed E-state index contributed by atoms with van der Waals surface area (Å²) in [6, 6.07) is 3.17. The van der Waals surface area contributed by atoms with Crippen LogP contribution in [-0.4, -0.2) is 26.3 Å². The molecular formula is C14H18O4. The Labute approximate surface area is 107 Å². The highest BCUT2D eigenvalue weighted by Crippen LogP contribution is 2.29. The van der Waals surface area contributed by atoms with E-state index in [0.29, 0.717) is 35.3 Å². The highest BCUT2D eigenvalue weighted by molar-refractivity contribution is 6.05. The highest BCUT2D eigenvalue weighted by atomic mass is 16.5. The van der Waals surface area contributed by atoms with E-state index in [0.717, 1.165) is 12.8 Å². The second kappa shape index (κ2) is 6.79. The van der Waals surface area contributed by atoms with E-state index in [9.17, 15) is 9.59 Å². The van der Waals surface area contributed by atoms with Gasteiger partial charge in [0.25, 0.3) is 0 Å². The van der Waals surface area contributed by atoms with E-state index in [1.807, 2.05) is 6.92 Å². The van der Waals surface area contributed by atoms with Crippen molar-refractivity contribution >= 4 is 12.1 Å². The summed E-state index contributed by atoms with van der Waals surface area (Å²) in [5.74, 6) is 0.817. The van der Waals surface area contributed by atoms with Gasteiger partial charge in [0.15, 0.2) is 12.1 Å². The smallest absolute Gasteiger partial charge is 0.167 e. The molecule has 0 N–H and O–H groups in total. The number of ether oxygens (including phenoxy) is 2. The fourth-order valence-corrected chi connectivity index (χ4v) is 1.74. The van der Waals surface area contributed by atoms with E-state index in [4.69, 9.17) is 9.47 Å². The van der Waals surface area contributed by atoms with E-state index >= 15 is 0 Å². The van der Waals surface area contributed by atoms with Crippen molar-refractivity contribution in [3.63, 3.8) is 0 Å². The summed E-state index contributed by atoms with van der Waals surface area (Å²) < 4.78 is 10.2. The molecule has 0 bridgehead atoms. The Kier molecular flexibility index (Phi) is 5.36. The number of carbonyl (C=O) groups is 2. The summed E-state index contributed by atoms with van der Waals surface area (Å²) in [5, 5.41) is 0. The molecule has 1 aromatic rings. The first-order chi connectivity index (χ1) is 8.67. The molecule has 1 aromatic carbocycles. The Balaban J connectivity index is 3.22. The van der Waals surface area contributed by atoms with Crippen LogP contribution in [0.2, 0.25) is 0 Å². The number of rotatable bonds is 7. The molecule has 0 saturated carbocycles. The van der Waals surface area contributed by atoms with Gasteiger partial charge in [-0.1, -0.05) is 13.3 Å². The van der Waals surface area contributed by atoms with Crippen molar-refractivity contribution in [2.24, 2.45) is 0 Å². The molecule has 0 aliphatic heterocycles. The van der Waals surface area contributed by atoms with Crippen molar-refractivity contribution in [2.45, 2.75) is 26.2 Å². The molecule has 4 nitrogen and oxygen atoms in total. The molecule has 0 heterocycles. The Bertz CT molecular complexity index is 438. The predicted octanol–water partition coefficient (Wildman–Crippen LogP) is 2.89. The number of unbranched alkanes of at least 4 members (excludes halogenated alkanes) is 1. The quantitative estimate of drug-likeness (QED) is 0.551. The van der Waals surface area contributed by atoms with Gasteiger partial charge < -0.3 is 9.47 Å². The molecular weight excluding hydrogens is 232 g/mol. The van der Waals surface area contributed by atoms with E-state index in [-0.39, 0.29) is 5.78 Å². The fourth-order valence-electron chi connectivity index (χ4n) is 1.74. The minimum Gasteiger partial charge on any atom is -0.497 e. The van der Waals surface area contributed by atoms with Gasteiger partial charge in [-0.3, -0.25) is 9.59 Å². The molecule has 0 aliphatic carbocycles. The second-order valence-corrected chi connectivity index (χ2v) is 3.94. The first-order valence-electron chi connectivity index (χ1n) is 5.92. The van der Waals surface area contributed by atoms with E-state index in [2.05, 4.69) is 0 Å². The topological polar surface area (TPSA) is 52.6 Å². The summed E-state index contributed by atoms with van der Waals surface area (Å²) >= 11 is 0. The van der Waals surface area contributed by atoms with Crippen molar-refractivity contribution in [2.75, 3.05) is 14.2 Å². The molecule has 1 rings (SSSR count). The zero-order chi connectivity index (χ0) is 13.5. The number of aldehydes is 1. The third kappa shape index (κ3) is 3.09. The largest absolute Gasteiger partial charge is 0.497 e. The Morgan fingerprint density at radius 3 is 2.50 bits per heavy atom. The molecule has 0 aliphatic rings. The predicted molar refractivity (Wildman–Crippen MR) is 68.8 cm³/mol. The van der Waals surface area contributed by atoms with Gasteiger partial charge in [0.1, 0.15) is 11.5 Å². The minimum atomic E-state index is -0.0709. The van der Waals surface area contributed by atoms with E-state index in [1.165, 1.54) is 14.2 Å². The molecule has 18 heavy (non-hydrogen) atoms. The molecule has 0 amide bonds. The van der Waals surface area contributed by atoms with Crippen LogP contribution in [0, 0.1) is 0 Å². The molecule has 0 fully saturated rings. The lowest BCUT2D eigenvalue weighted by Gasteiger charge is -2.12. The highest BCUT2D eigenvalue weighted by Gasteiger charge is 2.18. The van der Waals surface area contributed by atoms with Crippen LogP contribution in [-0.2, 0) is 0 Å². The first-order valence-corrected chi connectivity index (χ1v) is 5.92. The molecule has 0 saturated heterocycles. The number of hydrogen-bond acceptors (Lipinski definition) is 4. The van der Waals surface area contributed by atoms with Crippen LogP contribution in [0.15, 0.2) is 12.1 Å². The first kappa shape index (κ1) is 14.2. The molecule has 0 aromatic heterocycles. The average Bonchev–Trinajstić information content (AvgIpc) is 2.42. The van der Waals surface area contributed by atoms with E-state index in [1.54, 1.807) is 12.1 Å². The van der Waals surface area contributed by atoms with E-state index < -0.39 is 0 Å². The van der Waals surface area contributed by atoms with Gasteiger partial charge in [0, 0.05) is 18.1 Å². The third-order valence-corrected chi connectivity index (χ3v) is 2.73. The van der Waals surface area contributed by atoms with Crippen LogP contribution in [0.1, 0.15) is 46.9 Å². The molecule has 98 valence electrons. The summed E-state index contributed by atoms with van der Waals surface area (Å²) in [6.45, 7) is 2.01. The zero-order valence-electron chi connectivity index (χ0n) is 11.0. The second-order valence-electron chi connectivity index (χ2n) is 3.94. The zero-order valence-corrected chi connectivity index (χ0v) is 11.0. The Morgan fingerprint density at radius 2 is 2.00 bits per heavy atom. The van der Waals surface area contributed by atoms with Crippen LogP contribution in [0.4, 0.5) is 0 Å². The normalized spacial score (nSPS) is 9.94. The number of ketones is 1. The number of Topliss-reactive ketones (excluding diaryl/α,β-unsaturated/α-hetero) is 1. The molecule has 0 radical (unpaired) electrons. The van der Waals surface area contributed by atoms with Crippen LogP contribution in [0.25, 0.3) is 0 Å². The monoisotopic (exact) mass is 250 g/mol. The van der Waals surface area contributed by atoms with Crippen molar-refractivity contribution in [3.8, 4) is 11.5 Å². The summed E-state index contributed by atoms with van der Waals surface area (Å²) in [4.78, 5) is 23.2. The van der Waals surface area contributed by atoms with Gasteiger partial charge >= 0.3 is 0 Å². The van der Waals surface area contributed by atoms with Gasteiger partial charge in [-0.15, -0.1) is 0 Å². The molecule has 0 spiro atoms. The fraction of sp³-hybridized carbons (Fsp3) is 0.429. The lowest BCUT2D eigenvalue weighted by molar-refractivity contribution is 0.0970.